The summed E-state index contributed by atoms with van der Waals surface area (Å²) >= 11 is 1.44. The number of nitriles is 1. The molecule has 2 atom stereocenters. The highest BCUT2D eigenvalue weighted by Crippen LogP contribution is 2.42. The molecule has 0 aromatic carbocycles. The summed E-state index contributed by atoms with van der Waals surface area (Å²) < 4.78 is 13.4. The van der Waals surface area contributed by atoms with Crippen LogP contribution in [0, 0.1) is 11.3 Å². The highest BCUT2D eigenvalue weighted by Gasteiger charge is 2.31. The molecule has 0 amide bonds. The van der Waals surface area contributed by atoms with Crippen molar-refractivity contribution in [2.24, 2.45) is 0 Å². The quantitative estimate of drug-likeness (QED) is 0.753. The van der Waals surface area contributed by atoms with Crippen molar-refractivity contribution in [3.63, 3.8) is 0 Å². The number of nitrogens with two attached hydrogens (primary N) is 1. The topological polar surface area (TPSA) is 49.8 Å². The van der Waals surface area contributed by atoms with Gasteiger partial charge < -0.3 is 5.73 Å². The van der Waals surface area contributed by atoms with E-state index in [1.165, 1.54) is 11.3 Å². The molecule has 0 aliphatic heterocycles. The lowest BCUT2D eigenvalue weighted by molar-refractivity contribution is 0.263. The Morgan fingerprint density at radius 2 is 2.12 bits per heavy atom. The third-order valence-electron chi connectivity index (χ3n) is 2.81. The second-order valence-corrected chi connectivity index (χ2v) is 4.77. The molecule has 1 aromatic rings. The highest BCUT2D eigenvalue weighted by molar-refractivity contribution is 7.16. The first-order valence-corrected chi connectivity index (χ1v) is 6.42. The highest BCUT2D eigenvalue weighted by atomic mass is 32.1. The van der Waals surface area contributed by atoms with Crippen LogP contribution in [0.15, 0.2) is 0 Å². The Balaban J connectivity index is 0.000000606. The summed E-state index contributed by atoms with van der Waals surface area (Å²) in [4.78, 5) is 1.10. The molecule has 4 heteroatoms. The number of halogens is 1. The zero-order valence-electron chi connectivity index (χ0n) is 9.88. The van der Waals surface area contributed by atoms with Gasteiger partial charge in [0, 0.05) is 10.8 Å². The lowest BCUT2D eigenvalue weighted by atomic mass is 9.85. The first-order valence-electron chi connectivity index (χ1n) is 5.60. The SMILES string of the molecule is CC.CC1c2c(sc(N)c2C#N)CCC1F. The van der Waals surface area contributed by atoms with E-state index in [2.05, 4.69) is 6.07 Å². The summed E-state index contributed by atoms with van der Waals surface area (Å²) in [5.41, 5.74) is 7.07. The fraction of sp³-hybridized carbons (Fsp3) is 0.583. The zero-order chi connectivity index (χ0) is 12.3. The molecule has 1 heterocycles. The number of nitrogens with zero attached hydrogens (tertiary/aromatic N) is 1. The first-order chi connectivity index (χ1) is 7.65. The Morgan fingerprint density at radius 3 is 2.69 bits per heavy atom. The maximum atomic E-state index is 13.4. The fourth-order valence-corrected chi connectivity index (χ4v) is 3.13. The zero-order valence-corrected chi connectivity index (χ0v) is 10.7. The standard InChI is InChI=1S/C10H11FN2S.C2H6/c1-5-7(11)2-3-8-9(5)6(4-12)10(13)14-8;1-2/h5,7H,2-3,13H2,1H3;1-2H3. The Bertz CT molecular complexity index is 406. The number of fused-ring (bicyclic) bond motifs is 1. The molecular formula is C12H17FN2S. The molecule has 0 fully saturated rings. The van der Waals surface area contributed by atoms with E-state index in [-0.39, 0.29) is 5.92 Å². The average Bonchev–Trinajstić information content (AvgIpc) is 2.63. The number of thiophene rings is 1. The normalized spacial score (nSPS) is 22.7. The maximum Gasteiger partial charge on any atom is 0.107 e. The van der Waals surface area contributed by atoms with Crippen molar-refractivity contribution in [1.82, 2.24) is 0 Å². The average molecular weight is 240 g/mol. The van der Waals surface area contributed by atoms with Crippen molar-refractivity contribution in [2.45, 2.75) is 45.7 Å². The maximum absolute atomic E-state index is 13.4. The van der Waals surface area contributed by atoms with Crippen molar-refractivity contribution in [2.75, 3.05) is 5.73 Å². The van der Waals surface area contributed by atoms with Crippen LogP contribution in [0.2, 0.25) is 0 Å². The van der Waals surface area contributed by atoms with E-state index in [0.717, 1.165) is 16.9 Å². The monoisotopic (exact) mass is 240 g/mol. The Morgan fingerprint density at radius 1 is 1.50 bits per heavy atom. The molecule has 0 radical (unpaired) electrons. The molecule has 1 aromatic heterocycles. The summed E-state index contributed by atoms with van der Waals surface area (Å²) in [6.07, 6.45) is 0.444. The predicted octanol–water partition coefficient (Wildman–Crippen LogP) is 3.62. The number of nitrogen functional groups attached to an aromatic ring is 1. The van der Waals surface area contributed by atoms with Crippen molar-refractivity contribution in [3.8, 4) is 6.07 Å². The van der Waals surface area contributed by atoms with Gasteiger partial charge in [-0.05, 0) is 18.4 Å². The van der Waals surface area contributed by atoms with Crippen LogP contribution in [-0.4, -0.2) is 6.17 Å². The van der Waals surface area contributed by atoms with Gasteiger partial charge in [0.05, 0.1) is 5.56 Å². The minimum atomic E-state index is -0.830. The van der Waals surface area contributed by atoms with Crippen molar-refractivity contribution >= 4 is 16.3 Å². The molecule has 0 spiro atoms. The molecular weight excluding hydrogens is 223 g/mol. The minimum Gasteiger partial charge on any atom is -0.389 e. The van der Waals surface area contributed by atoms with Crippen LogP contribution in [0.5, 0.6) is 0 Å². The van der Waals surface area contributed by atoms with Gasteiger partial charge in [0.25, 0.3) is 0 Å². The van der Waals surface area contributed by atoms with E-state index >= 15 is 0 Å². The molecule has 2 rings (SSSR count). The smallest absolute Gasteiger partial charge is 0.107 e. The minimum absolute atomic E-state index is 0.179. The van der Waals surface area contributed by atoms with Crippen LogP contribution < -0.4 is 5.73 Å². The third kappa shape index (κ3) is 2.05. The summed E-state index contributed by atoms with van der Waals surface area (Å²) in [6.45, 7) is 5.83. The van der Waals surface area contributed by atoms with E-state index in [9.17, 15) is 4.39 Å². The van der Waals surface area contributed by atoms with Crippen molar-refractivity contribution < 1.29 is 4.39 Å². The van der Waals surface area contributed by atoms with Gasteiger partial charge in [-0.25, -0.2) is 4.39 Å². The van der Waals surface area contributed by atoms with Crippen molar-refractivity contribution in [3.05, 3.63) is 16.0 Å². The third-order valence-corrected chi connectivity index (χ3v) is 3.90. The number of aryl methyl sites for hydroxylation is 1. The van der Waals surface area contributed by atoms with Gasteiger partial charge in [-0.1, -0.05) is 20.8 Å². The number of alkyl halides is 1. The summed E-state index contributed by atoms with van der Waals surface area (Å²) in [6, 6.07) is 2.07. The lowest BCUT2D eigenvalue weighted by Gasteiger charge is -2.22. The van der Waals surface area contributed by atoms with Crippen LogP contribution in [0.25, 0.3) is 0 Å². The fourth-order valence-electron chi connectivity index (χ4n) is 1.99. The van der Waals surface area contributed by atoms with E-state index in [1.807, 2.05) is 20.8 Å². The summed E-state index contributed by atoms with van der Waals surface area (Å²) in [7, 11) is 0. The molecule has 1 aliphatic rings. The molecule has 2 unspecified atom stereocenters. The molecule has 0 saturated carbocycles. The molecule has 16 heavy (non-hydrogen) atoms. The van der Waals surface area contributed by atoms with Gasteiger partial charge in [0.1, 0.15) is 17.2 Å². The molecule has 2 nitrogen and oxygen atoms in total. The number of anilines is 1. The van der Waals surface area contributed by atoms with Gasteiger partial charge in [-0.2, -0.15) is 5.26 Å². The molecule has 0 saturated heterocycles. The molecule has 1 aliphatic carbocycles. The van der Waals surface area contributed by atoms with E-state index < -0.39 is 6.17 Å². The molecule has 88 valence electrons. The molecule has 2 N–H and O–H groups in total. The Labute approximate surface area is 99.9 Å². The summed E-state index contributed by atoms with van der Waals surface area (Å²) in [5, 5.41) is 9.46. The largest absolute Gasteiger partial charge is 0.389 e. The Hall–Kier alpha value is -1.08. The van der Waals surface area contributed by atoms with Crippen LogP contribution in [-0.2, 0) is 6.42 Å². The first kappa shape index (κ1) is 13.0. The summed E-state index contributed by atoms with van der Waals surface area (Å²) in [5.74, 6) is -0.179. The number of hydrogen-bond donors (Lipinski definition) is 1. The van der Waals surface area contributed by atoms with E-state index in [0.29, 0.717) is 17.0 Å². The second kappa shape index (κ2) is 5.31. The lowest BCUT2D eigenvalue weighted by Crippen LogP contribution is -2.18. The van der Waals surface area contributed by atoms with E-state index in [1.54, 1.807) is 0 Å². The molecule has 0 bridgehead atoms. The van der Waals surface area contributed by atoms with Crippen LogP contribution in [0.1, 0.15) is 49.1 Å². The van der Waals surface area contributed by atoms with Crippen LogP contribution in [0.4, 0.5) is 9.39 Å². The van der Waals surface area contributed by atoms with Gasteiger partial charge in [0.2, 0.25) is 0 Å². The van der Waals surface area contributed by atoms with Gasteiger partial charge in [-0.3, -0.25) is 0 Å². The Kier molecular flexibility index (Phi) is 4.31. The van der Waals surface area contributed by atoms with Crippen molar-refractivity contribution in [1.29, 1.82) is 5.26 Å². The van der Waals surface area contributed by atoms with E-state index in [4.69, 9.17) is 11.0 Å². The van der Waals surface area contributed by atoms with Gasteiger partial charge in [0.15, 0.2) is 0 Å². The van der Waals surface area contributed by atoms with Gasteiger partial charge in [-0.15, -0.1) is 11.3 Å². The number of rotatable bonds is 0. The van der Waals surface area contributed by atoms with Gasteiger partial charge >= 0.3 is 0 Å². The second-order valence-electron chi connectivity index (χ2n) is 3.63. The predicted molar refractivity (Wildman–Crippen MR) is 66.4 cm³/mol. The van der Waals surface area contributed by atoms with Crippen LogP contribution >= 0.6 is 11.3 Å². The number of hydrogen-bond acceptors (Lipinski definition) is 3. The van der Waals surface area contributed by atoms with Crippen LogP contribution in [0.3, 0.4) is 0 Å².